The highest BCUT2D eigenvalue weighted by atomic mass is 32.2. The quantitative estimate of drug-likeness (QED) is 0.872. The molecule has 0 spiro atoms. The molecule has 106 valence electrons. The molecule has 2 N–H and O–H groups in total. The molecule has 19 heavy (non-hydrogen) atoms. The van der Waals surface area contributed by atoms with E-state index >= 15 is 0 Å². The monoisotopic (exact) mass is 288 g/mol. The highest BCUT2D eigenvalue weighted by molar-refractivity contribution is 7.92. The van der Waals surface area contributed by atoms with Gasteiger partial charge >= 0.3 is 0 Å². The highest BCUT2D eigenvalue weighted by Gasteiger charge is 2.12. The van der Waals surface area contributed by atoms with Crippen LogP contribution >= 0.6 is 0 Å². The van der Waals surface area contributed by atoms with Crippen LogP contribution in [0.15, 0.2) is 18.2 Å². The number of amides is 1. The van der Waals surface area contributed by atoms with Crippen LogP contribution in [-0.4, -0.2) is 20.6 Å². The van der Waals surface area contributed by atoms with Gasteiger partial charge in [-0.2, -0.15) is 0 Å². The lowest BCUT2D eigenvalue weighted by atomic mass is 10.1. The first-order valence-corrected chi connectivity index (χ1v) is 7.63. The summed E-state index contributed by atoms with van der Waals surface area (Å²) in [5, 5.41) is 2.50. The van der Waals surface area contributed by atoms with Gasteiger partial charge in [-0.15, -0.1) is 0 Å². The van der Waals surface area contributed by atoms with E-state index in [1.165, 1.54) is 6.07 Å². The summed E-state index contributed by atoms with van der Waals surface area (Å²) < 4.78 is 37.8. The first-order valence-electron chi connectivity index (χ1n) is 5.74. The van der Waals surface area contributed by atoms with E-state index in [1.807, 2.05) is 13.8 Å². The van der Waals surface area contributed by atoms with Crippen molar-refractivity contribution < 1.29 is 17.6 Å². The van der Waals surface area contributed by atoms with Crippen LogP contribution in [0, 0.1) is 11.7 Å². The molecule has 1 aromatic rings. The molecule has 0 radical (unpaired) electrons. The van der Waals surface area contributed by atoms with Crippen LogP contribution in [0.4, 0.5) is 15.8 Å². The van der Waals surface area contributed by atoms with Gasteiger partial charge in [0.1, 0.15) is 5.82 Å². The predicted octanol–water partition coefficient (Wildman–Crippen LogP) is 2.18. The molecule has 1 aromatic carbocycles. The lowest BCUT2D eigenvalue weighted by Crippen LogP contribution is -2.17. The maximum atomic E-state index is 13.2. The average Bonchev–Trinajstić information content (AvgIpc) is 2.19. The summed E-state index contributed by atoms with van der Waals surface area (Å²) in [7, 11) is -3.50. The van der Waals surface area contributed by atoms with Crippen molar-refractivity contribution in [3.05, 3.63) is 24.0 Å². The average molecular weight is 288 g/mol. The Labute approximate surface area is 112 Å². The minimum Gasteiger partial charge on any atom is -0.324 e. The van der Waals surface area contributed by atoms with Gasteiger partial charge in [-0.05, 0) is 24.1 Å². The molecule has 0 unspecified atom stereocenters. The van der Waals surface area contributed by atoms with Crippen molar-refractivity contribution in [2.45, 2.75) is 20.3 Å². The van der Waals surface area contributed by atoms with Crippen molar-refractivity contribution in [3.63, 3.8) is 0 Å². The first-order chi connectivity index (χ1) is 8.67. The number of sulfonamides is 1. The molecule has 0 aromatic heterocycles. The largest absolute Gasteiger partial charge is 0.324 e. The maximum Gasteiger partial charge on any atom is 0.229 e. The predicted molar refractivity (Wildman–Crippen MR) is 73.0 cm³/mol. The van der Waals surface area contributed by atoms with Crippen LogP contribution < -0.4 is 10.0 Å². The Morgan fingerprint density at radius 2 is 1.95 bits per heavy atom. The van der Waals surface area contributed by atoms with Crippen LogP contribution in [0.2, 0.25) is 0 Å². The molecule has 0 saturated carbocycles. The Hall–Kier alpha value is -1.63. The molecule has 0 aliphatic heterocycles. The molecule has 0 saturated heterocycles. The van der Waals surface area contributed by atoms with E-state index in [4.69, 9.17) is 0 Å². The fraction of sp³-hybridized carbons (Fsp3) is 0.417. The number of carbonyl (C=O) groups excluding carboxylic acids is 1. The van der Waals surface area contributed by atoms with Crippen molar-refractivity contribution in [2.75, 3.05) is 16.3 Å². The second-order valence-corrected chi connectivity index (χ2v) is 6.46. The van der Waals surface area contributed by atoms with Crippen LogP contribution in [0.5, 0.6) is 0 Å². The van der Waals surface area contributed by atoms with Gasteiger partial charge in [0, 0.05) is 6.42 Å². The van der Waals surface area contributed by atoms with Crippen molar-refractivity contribution in [1.29, 1.82) is 0 Å². The first kappa shape index (κ1) is 15.4. The van der Waals surface area contributed by atoms with Gasteiger partial charge in [0.15, 0.2) is 0 Å². The van der Waals surface area contributed by atoms with E-state index < -0.39 is 15.8 Å². The van der Waals surface area contributed by atoms with E-state index in [0.29, 0.717) is 0 Å². The summed E-state index contributed by atoms with van der Waals surface area (Å²) in [5.41, 5.74) is 0.247. The smallest absolute Gasteiger partial charge is 0.229 e. The topological polar surface area (TPSA) is 75.3 Å². The van der Waals surface area contributed by atoms with Crippen molar-refractivity contribution in [3.8, 4) is 0 Å². The molecule has 5 nitrogen and oxygen atoms in total. The number of hydrogen-bond donors (Lipinski definition) is 2. The second kappa shape index (κ2) is 6.01. The third kappa shape index (κ3) is 5.69. The van der Waals surface area contributed by atoms with E-state index in [0.717, 1.165) is 18.4 Å². The molecule has 0 atom stereocenters. The zero-order valence-corrected chi connectivity index (χ0v) is 11.8. The third-order valence-electron chi connectivity index (χ3n) is 2.14. The molecular formula is C12H17FN2O3S. The lowest BCUT2D eigenvalue weighted by Gasteiger charge is -2.13. The molecular weight excluding hydrogens is 271 g/mol. The van der Waals surface area contributed by atoms with E-state index in [1.54, 1.807) is 0 Å². The van der Waals surface area contributed by atoms with Gasteiger partial charge in [0.2, 0.25) is 15.9 Å². The fourth-order valence-electron chi connectivity index (χ4n) is 1.48. The van der Waals surface area contributed by atoms with Crippen molar-refractivity contribution >= 4 is 27.3 Å². The fourth-order valence-corrected chi connectivity index (χ4v) is 2.06. The SMILES string of the molecule is CC(C)CC(=O)Nc1cc(F)ccc1NS(C)(=O)=O. The molecule has 0 heterocycles. The minimum absolute atomic E-state index is 0.107. The Morgan fingerprint density at radius 1 is 1.32 bits per heavy atom. The van der Waals surface area contributed by atoms with E-state index in [2.05, 4.69) is 10.0 Å². The second-order valence-electron chi connectivity index (χ2n) is 4.71. The zero-order chi connectivity index (χ0) is 14.6. The maximum absolute atomic E-state index is 13.2. The van der Waals surface area contributed by atoms with Crippen LogP contribution in [-0.2, 0) is 14.8 Å². The van der Waals surface area contributed by atoms with Crippen molar-refractivity contribution in [2.24, 2.45) is 5.92 Å². The number of benzene rings is 1. The van der Waals surface area contributed by atoms with Gasteiger partial charge in [-0.1, -0.05) is 13.8 Å². The summed E-state index contributed by atoms with van der Waals surface area (Å²) >= 11 is 0. The van der Waals surface area contributed by atoms with Crippen LogP contribution in [0.3, 0.4) is 0 Å². The molecule has 0 aliphatic carbocycles. The Bertz CT molecular complexity index is 570. The minimum atomic E-state index is -3.50. The normalized spacial score (nSPS) is 11.4. The molecule has 1 rings (SSSR count). The third-order valence-corrected chi connectivity index (χ3v) is 2.74. The Kier molecular flexibility index (Phi) is 4.88. The van der Waals surface area contributed by atoms with Crippen LogP contribution in [0.25, 0.3) is 0 Å². The number of halogens is 1. The number of rotatable bonds is 5. The number of hydrogen-bond acceptors (Lipinski definition) is 3. The molecule has 0 bridgehead atoms. The van der Waals surface area contributed by atoms with E-state index in [9.17, 15) is 17.6 Å². The number of carbonyl (C=O) groups is 1. The summed E-state index contributed by atoms with van der Waals surface area (Å²) in [6.45, 7) is 3.75. The van der Waals surface area contributed by atoms with Gasteiger partial charge in [-0.3, -0.25) is 9.52 Å². The van der Waals surface area contributed by atoms with Gasteiger partial charge in [-0.25, -0.2) is 12.8 Å². The van der Waals surface area contributed by atoms with E-state index in [-0.39, 0.29) is 29.6 Å². The summed E-state index contributed by atoms with van der Waals surface area (Å²) in [5.74, 6) is -0.698. The van der Waals surface area contributed by atoms with Gasteiger partial charge in [0.05, 0.1) is 17.6 Å². The van der Waals surface area contributed by atoms with Gasteiger partial charge < -0.3 is 5.32 Å². The molecule has 0 aliphatic rings. The highest BCUT2D eigenvalue weighted by Crippen LogP contribution is 2.24. The number of nitrogens with one attached hydrogen (secondary N) is 2. The molecule has 1 amide bonds. The number of anilines is 2. The summed E-state index contributed by atoms with van der Waals surface area (Å²) in [6.07, 6.45) is 1.25. The van der Waals surface area contributed by atoms with Crippen molar-refractivity contribution in [1.82, 2.24) is 0 Å². The zero-order valence-electron chi connectivity index (χ0n) is 11.0. The summed E-state index contributed by atoms with van der Waals surface area (Å²) in [6, 6.07) is 3.46. The standard InChI is InChI=1S/C12H17FN2O3S/c1-8(2)6-12(16)14-11-7-9(13)4-5-10(11)15-19(3,17)18/h4-5,7-8,15H,6H2,1-3H3,(H,14,16). The molecule has 0 fully saturated rings. The lowest BCUT2D eigenvalue weighted by molar-refractivity contribution is -0.116. The summed E-state index contributed by atoms with van der Waals surface area (Å²) in [4.78, 5) is 11.6. The Morgan fingerprint density at radius 3 is 2.47 bits per heavy atom. The Balaban J connectivity index is 2.97. The molecule has 7 heteroatoms. The van der Waals surface area contributed by atoms with Gasteiger partial charge in [0.25, 0.3) is 0 Å². The van der Waals surface area contributed by atoms with Crippen LogP contribution in [0.1, 0.15) is 20.3 Å².